The first-order valence-electron chi connectivity index (χ1n) is 6.94. The molecule has 102 valence electrons. The largest absolute Gasteiger partial charge is 0.280 e. The van der Waals surface area contributed by atoms with Crippen LogP contribution in [0.3, 0.4) is 0 Å². The van der Waals surface area contributed by atoms with Crippen molar-refractivity contribution < 1.29 is 4.79 Å². The third-order valence-electron chi connectivity index (χ3n) is 3.51. The molecule has 1 aromatic heterocycles. The highest BCUT2D eigenvalue weighted by atomic mass is 16.2. The minimum Gasteiger partial charge on any atom is -0.280 e. The maximum Gasteiger partial charge on any atom is 0.232 e. The molecule has 2 heteroatoms. The van der Waals surface area contributed by atoms with Crippen LogP contribution in [0, 0.1) is 12.3 Å². The number of rotatable bonds is 3. The zero-order valence-electron chi connectivity index (χ0n) is 11.6. The van der Waals surface area contributed by atoms with E-state index in [4.69, 9.17) is 6.42 Å². The second-order valence-electron chi connectivity index (χ2n) is 4.89. The van der Waals surface area contributed by atoms with Crippen molar-refractivity contribution in [1.82, 2.24) is 4.57 Å². The van der Waals surface area contributed by atoms with Crippen LogP contribution in [-0.4, -0.2) is 10.5 Å². The fourth-order valence-corrected chi connectivity index (χ4v) is 2.54. The van der Waals surface area contributed by atoms with E-state index in [0.29, 0.717) is 12.8 Å². The van der Waals surface area contributed by atoms with Crippen molar-refractivity contribution in [1.29, 1.82) is 0 Å². The van der Waals surface area contributed by atoms with Crippen LogP contribution in [0.2, 0.25) is 0 Å². The lowest BCUT2D eigenvalue weighted by Gasteiger charge is -2.08. The fourth-order valence-electron chi connectivity index (χ4n) is 2.54. The predicted octanol–water partition coefficient (Wildman–Crippen LogP) is 4.36. The van der Waals surface area contributed by atoms with Gasteiger partial charge in [-0.2, -0.15) is 0 Å². The number of aromatic nitrogens is 1. The SMILES string of the molecule is C#CCCC(=O)n1c(-c2ccccc2)cc2ccccc21. The van der Waals surface area contributed by atoms with Crippen molar-refractivity contribution in [2.45, 2.75) is 12.8 Å². The molecule has 0 atom stereocenters. The summed E-state index contributed by atoms with van der Waals surface area (Å²) in [5.41, 5.74) is 2.87. The normalized spacial score (nSPS) is 10.4. The molecule has 0 unspecified atom stereocenters. The third-order valence-corrected chi connectivity index (χ3v) is 3.51. The number of hydrogen-bond acceptors (Lipinski definition) is 1. The Morgan fingerprint density at radius 3 is 2.52 bits per heavy atom. The molecule has 0 bridgehead atoms. The van der Waals surface area contributed by atoms with Crippen LogP contribution in [0.1, 0.15) is 17.6 Å². The Balaban J connectivity index is 2.20. The fraction of sp³-hybridized carbons (Fsp3) is 0.105. The number of benzene rings is 2. The monoisotopic (exact) mass is 273 g/mol. The lowest BCUT2D eigenvalue weighted by Crippen LogP contribution is -2.11. The number of nitrogens with zero attached hydrogens (tertiary/aromatic N) is 1. The quantitative estimate of drug-likeness (QED) is 0.650. The van der Waals surface area contributed by atoms with Crippen LogP contribution >= 0.6 is 0 Å². The third kappa shape index (κ3) is 2.46. The molecule has 0 radical (unpaired) electrons. The van der Waals surface area contributed by atoms with Crippen molar-refractivity contribution in [3.05, 3.63) is 60.7 Å². The summed E-state index contributed by atoms with van der Waals surface area (Å²) in [6.07, 6.45) is 6.09. The molecule has 0 saturated heterocycles. The van der Waals surface area contributed by atoms with E-state index < -0.39 is 0 Å². The van der Waals surface area contributed by atoms with Gasteiger partial charge in [0.15, 0.2) is 0 Å². The zero-order valence-corrected chi connectivity index (χ0v) is 11.6. The van der Waals surface area contributed by atoms with Crippen LogP contribution in [0.25, 0.3) is 22.2 Å². The molecule has 0 aliphatic rings. The molecule has 3 aromatic rings. The topological polar surface area (TPSA) is 22.0 Å². The van der Waals surface area contributed by atoms with Gasteiger partial charge < -0.3 is 0 Å². The highest BCUT2D eigenvalue weighted by molar-refractivity contribution is 5.98. The van der Waals surface area contributed by atoms with Crippen molar-refractivity contribution >= 4 is 16.8 Å². The summed E-state index contributed by atoms with van der Waals surface area (Å²) in [5.74, 6) is 2.57. The maximum atomic E-state index is 12.5. The summed E-state index contributed by atoms with van der Waals surface area (Å²) in [6.45, 7) is 0. The Hall–Kier alpha value is -2.79. The van der Waals surface area contributed by atoms with Crippen molar-refractivity contribution in [2.24, 2.45) is 0 Å². The molecule has 0 N–H and O–H groups in total. The van der Waals surface area contributed by atoms with E-state index in [2.05, 4.69) is 12.0 Å². The van der Waals surface area contributed by atoms with Gasteiger partial charge in [0.1, 0.15) is 0 Å². The van der Waals surface area contributed by atoms with E-state index in [1.165, 1.54) is 0 Å². The van der Waals surface area contributed by atoms with Crippen molar-refractivity contribution in [2.75, 3.05) is 0 Å². The van der Waals surface area contributed by atoms with Gasteiger partial charge in [-0.3, -0.25) is 9.36 Å². The van der Waals surface area contributed by atoms with E-state index in [1.807, 2.05) is 54.6 Å². The molecular weight excluding hydrogens is 258 g/mol. The summed E-state index contributed by atoms with van der Waals surface area (Å²) >= 11 is 0. The molecule has 0 fully saturated rings. The number of fused-ring (bicyclic) bond motifs is 1. The molecule has 2 aromatic carbocycles. The molecule has 0 aliphatic carbocycles. The number of terminal acetylenes is 1. The molecule has 21 heavy (non-hydrogen) atoms. The van der Waals surface area contributed by atoms with Crippen molar-refractivity contribution in [3.63, 3.8) is 0 Å². The van der Waals surface area contributed by atoms with Gasteiger partial charge in [0.05, 0.1) is 11.2 Å². The molecular formula is C19H15NO. The van der Waals surface area contributed by atoms with Gasteiger partial charge in [-0.1, -0.05) is 48.5 Å². The minimum atomic E-state index is 0.0352. The van der Waals surface area contributed by atoms with Gasteiger partial charge >= 0.3 is 0 Å². The summed E-state index contributed by atoms with van der Waals surface area (Å²) in [7, 11) is 0. The molecule has 3 rings (SSSR count). The van der Waals surface area contributed by atoms with Gasteiger partial charge in [0.25, 0.3) is 0 Å². The Bertz CT molecular complexity index is 822. The van der Waals surface area contributed by atoms with Crippen molar-refractivity contribution in [3.8, 4) is 23.6 Å². The summed E-state index contributed by atoms with van der Waals surface area (Å²) in [4.78, 5) is 12.5. The molecule has 0 saturated carbocycles. The Labute approximate surface area is 124 Å². The van der Waals surface area contributed by atoms with Crippen LogP contribution in [0.5, 0.6) is 0 Å². The highest BCUT2D eigenvalue weighted by Gasteiger charge is 2.15. The highest BCUT2D eigenvalue weighted by Crippen LogP contribution is 2.28. The number of hydrogen-bond donors (Lipinski definition) is 0. The summed E-state index contributed by atoms with van der Waals surface area (Å²) < 4.78 is 1.78. The maximum absolute atomic E-state index is 12.5. The van der Waals surface area contributed by atoms with Gasteiger partial charge in [-0.05, 0) is 17.7 Å². The standard InChI is InChI=1S/C19H15NO/c1-2-3-13-19(21)20-17-12-8-7-11-16(17)14-18(20)15-9-5-4-6-10-15/h1,4-12,14H,3,13H2. The predicted molar refractivity (Wildman–Crippen MR) is 86.1 cm³/mol. The second kappa shape index (κ2) is 5.68. The minimum absolute atomic E-state index is 0.0352. The van der Waals surface area contributed by atoms with E-state index >= 15 is 0 Å². The van der Waals surface area contributed by atoms with Crippen LogP contribution < -0.4 is 0 Å². The first-order valence-corrected chi connectivity index (χ1v) is 6.94. The summed E-state index contributed by atoms with van der Waals surface area (Å²) in [5, 5.41) is 1.06. The lowest BCUT2D eigenvalue weighted by atomic mass is 10.1. The smallest absolute Gasteiger partial charge is 0.232 e. The van der Waals surface area contributed by atoms with Gasteiger partial charge in [-0.15, -0.1) is 12.3 Å². The van der Waals surface area contributed by atoms with Gasteiger partial charge in [0.2, 0.25) is 5.91 Å². The van der Waals surface area contributed by atoms with E-state index in [1.54, 1.807) is 4.57 Å². The average Bonchev–Trinajstić information content (AvgIpc) is 2.93. The Kier molecular flexibility index (Phi) is 3.57. The molecule has 0 aliphatic heterocycles. The number of carbonyl (C=O) groups is 1. The second-order valence-corrected chi connectivity index (χ2v) is 4.89. The van der Waals surface area contributed by atoms with E-state index in [9.17, 15) is 4.79 Å². The van der Waals surface area contributed by atoms with Crippen LogP contribution in [0.15, 0.2) is 60.7 Å². The Morgan fingerprint density at radius 1 is 1.05 bits per heavy atom. The Morgan fingerprint density at radius 2 is 1.76 bits per heavy atom. The lowest BCUT2D eigenvalue weighted by molar-refractivity contribution is 0.0912. The zero-order chi connectivity index (χ0) is 14.7. The first kappa shape index (κ1) is 13.2. The van der Waals surface area contributed by atoms with Gasteiger partial charge in [0, 0.05) is 18.2 Å². The number of carbonyl (C=O) groups excluding carboxylic acids is 1. The van der Waals surface area contributed by atoms with Crippen LogP contribution in [-0.2, 0) is 0 Å². The van der Waals surface area contributed by atoms with E-state index in [0.717, 1.165) is 22.2 Å². The number of para-hydroxylation sites is 1. The average molecular weight is 273 g/mol. The van der Waals surface area contributed by atoms with Gasteiger partial charge in [-0.25, -0.2) is 0 Å². The molecule has 0 spiro atoms. The van der Waals surface area contributed by atoms with E-state index in [-0.39, 0.29) is 5.91 Å². The molecule has 2 nitrogen and oxygen atoms in total. The molecule has 0 amide bonds. The molecule has 1 heterocycles. The summed E-state index contributed by atoms with van der Waals surface area (Å²) in [6, 6.07) is 19.9. The first-order chi connectivity index (χ1) is 10.3. The van der Waals surface area contributed by atoms with Crippen LogP contribution in [0.4, 0.5) is 0 Å².